The van der Waals surface area contributed by atoms with Crippen molar-refractivity contribution in [2.45, 2.75) is 32.3 Å². The van der Waals surface area contributed by atoms with Crippen LogP contribution in [0.1, 0.15) is 36.8 Å². The number of hydrogen-bond acceptors (Lipinski definition) is 6. The Bertz CT molecular complexity index is 1300. The van der Waals surface area contributed by atoms with E-state index in [4.69, 9.17) is 9.88 Å². The molecule has 37 heavy (non-hydrogen) atoms. The second-order valence-electron chi connectivity index (χ2n) is 9.92. The fraction of sp³-hybridized carbons (Fsp3) is 0.360. The maximum absolute atomic E-state index is 14.4. The van der Waals surface area contributed by atoms with Gasteiger partial charge in [0, 0.05) is 37.8 Å². The van der Waals surface area contributed by atoms with Crippen LogP contribution in [0.2, 0.25) is 0 Å². The number of pyridine rings is 1. The standard InChI is InChI=1S/C25H28FN5O5S/c1-25(2,3)23(33)29-20-5-4-8-28-21(20)14-36-24(34)31-12-15-10-30(11-16(15)13-31)22(32)18-7-6-17(37(27)35)9-19(18)26/h4-9H,10-14,27H2,1-3H3,(H,29,33). The van der Waals surface area contributed by atoms with E-state index in [1.807, 2.05) is 0 Å². The number of anilines is 1. The highest BCUT2D eigenvalue weighted by Crippen LogP contribution is 2.28. The van der Waals surface area contributed by atoms with Crippen LogP contribution in [0.4, 0.5) is 14.9 Å². The highest BCUT2D eigenvalue weighted by Gasteiger charge is 2.35. The number of nitrogens with zero attached hydrogens (tertiary/aromatic N) is 3. The first kappa shape index (κ1) is 26.4. The second-order valence-corrected chi connectivity index (χ2v) is 11.0. The summed E-state index contributed by atoms with van der Waals surface area (Å²) in [7, 11) is -1.84. The Hall–Kier alpha value is -3.64. The number of ether oxygens (including phenoxy) is 1. The van der Waals surface area contributed by atoms with Crippen molar-refractivity contribution in [1.82, 2.24) is 14.8 Å². The molecule has 12 heteroatoms. The molecule has 3 heterocycles. The Morgan fingerprint density at radius 1 is 1.11 bits per heavy atom. The summed E-state index contributed by atoms with van der Waals surface area (Å²) in [4.78, 5) is 45.2. The summed E-state index contributed by atoms with van der Waals surface area (Å²) in [6.45, 7) is 6.39. The lowest BCUT2D eigenvalue weighted by atomic mass is 9.95. The van der Waals surface area contributed by atoms with Crippen LogP contribution >= 0.6 is 0 Å². The molecule has 2 aliphatic heterocycles. The van der Waals surface area contributed by atoms with E-state index in [0.29, 0.717) is 24.5 Å². The second kappa shape index (κ2) is 10.4. The minimum Gasteiger partial charge on any atom is -0.443 e. The van der Waals surface area contributed by atoms with Gasteiger partial charge in [0.2, 0.25) is 5.91 Å². The van der Waals surface area contributed by atoms with Crippen molar-refractivity contribution < 1.29 is 27.7 Å². The molecule has 0 aliphatic carbocycles. The number of nitrogens with two attached hydrogens (primary N) is 1. The van der Waals surface area contributed by atoms with Gasteiger partial charge in [0.25, 0.3) is 5.91 Å². The molecule has 0 spiro atoms. The van der Waals surface area contributed by atoms with E-state index >= 15 is 0 Å². The van der Waals surface area contributed by atoms with E-state index in [1.54, 1.807) is 39.1 Å². The monoisotopic (exact) mass is 529 g/mol. The summed E-state index contributed by atoms with van der Waals surface area (Å²) in [6.07, 6.45) is 1.02. The fourth-order valence-electron chi connectivity index (χ4n) is 4.02. The molecule has 1 unspecified atom stereocenters. The molecule has 0 saturated heterocycles. The lowest BCUT2D eigenvalue weighted by Gasteiger charge is -2.23. The van der Waals surface area contributed by atoms with Crippen molar-refractivity contribution in [2.24, 2.45) is 10.6 Å². The number of carbonyl (C=O) groups excluding carboxylic acids is 3. The van der Waals surface area contributed by atoms with Gasteiger partial charge in [-0.05, 0) is 41.5 Å². The third-order valence-electron chi connectivity index (χ3n) is 6.13. The molecule has 2 aliphatic rings. The van der Waals surface area contributed by atoms with Crippen molar-refractivity contribution in [2.75, 3.05) is 31.5 Å². The van der Waals surface area contributed by atoms with Crippen LogP contribution in [-0.4, -0.2) is 63.1 Å². The van der Waals surface area contributed by atoms with E-state index in [2.05, 4.69) is 10.3 Å². The number of rotatable bonds is 5. The molecular formula is C25H28FN5O5S. The average Bonchev–Trinajstić information content (AvgIpc) is 3.42. The first-order valence-electron chi connectivity index (χ1n) is 11.6. The van der Waals surface area contributed by atoms with Gasteiger partial charge in [-0.15, -0.1) is 0 Å². The Kier molecular flexibility index (Phi) is 7.42. The van der Waals surface area contributed by atoms with Gasteiger partial charge in [0.1, 0.15) is 29.1 Å². The number of aromatic nitrogens is 1. The van der Waals surface area contributed by atoms with Gasteiger partial charge in [-0.3, -0.25) is 14.6 Å². The van der Waals surface area contributed by atoms with Crippen LogP contribution in [0.25, 0.3) is 0 Å². The normalized spacial score (nSPS) is 16.0. The lowest BCUT2D eigenvalue weighted by Crippen LogP contribution is -2.37. The lowest BCUT2D eigenvalue weighted by molar-refractivity contribution is -0.123. The van der Waals surface area contributed by atoms with Crippen LogP contribution in [0.3, 0.4) is 0 Å². The molecule has 10 nitrogen and oxygen atoms in total. The van der Waals surface area contributed by atoms with Gasteiger partial charge in [-0.2, -0.15) is 0 Å². The van der Waals surface area contributed by atoms with Crippen molar-refractivity contribution in [1.29, 1.82) is 0 Å². The summed E-state index contributed by atoms with van der Waals surface area (Å²) in [5.74, 6) is -1.46. The largest absolute Gasteiger partial charge is 0.443 e. The van der Waals surface area contributed by atoms with Gasteiger partial charge in [0.15, 0.2) is 0 Å². The van der Waals surface area contributed by atoms with Crippen LogP contribution in [-0.2, 0) is 27.1 Å². The number of nitrogens with one attached hydrogen (secondary N) is 1. The van der Waals surface area contributed by atoms with E-state index < -0.39 is 34.2 Å². The molecule has 3 N–H and O–H groups in total. The van der Waals surface area contributed by atoms with Gasteiger partial charge in [-0.1, -0.05) is 20.8 Å². The van der Waals surface area contributed by atoms with E-state index in [-0.39, 0.29) is 36.1 Å². The number of benzene rings is 1. The smallest absolute Gasteiger partial charge is 0.410 e. The van der Waals surface area contributed by atoms with Gasteiger partial charge in [-0.25, -0.2) is 18.5 Å². The first-order valence-corrected chi connectivity index (χ1v) is 12.8. The summed E-state index contributed by atoms with van der Waals surface area (Å²) in [5.41, 5.74) is 1.99. The fourth-order valence-corrected chi connectivity index (χ4v) is 4.44. The zero-order valence-corrected chi connectivity index (χ0v) is 21.6. The topological polar surface area (TPSA) is 135 Å². The maximum atomic E-state index is 14.4. The average molecular weight is 530 g/mol. The molecule has 3 amide bonds. The van der Waals surface area contributed by atoms with Crippen molar-refractivity contribution in [3.63, 3.8) is 0 Å². The summed E-state index contributed by atoms with van der Waals surface area (Å²) < 4.78 is 31.2. The molecule has 0 fully saturated rings. The summed E-state index contributed by atoms with van der Waals surface area (Å²) in [5, 5.41) is 8.09. The van der Waals surface area contributed by atoms with Crippen molar-refractivity contribution in [3.8, 4) is 0 Å². The predicted molar refractivity (Wildman–Crippen MR) is 134 cm³/mol. The molecule has 0 saturated carbocycles. The summed E-state index contributed by atoms with van der Waals surface area (Å²) in [6, 6.07) is 7.03. The highest BCUT2D eigenvalue weighted by molar-refractivity contribution is 7.82. The van der Waals surface area contributed by atoms with E-state index in [0.717, 1.165) is 17.2 Å². The summed E-state index contributed by atoms with van der Waals surface area (Å²) >= 11 is 0. The van der Waals surface area contributed by atoms with Crippen LogP contribution in [0, 0.1) is 11.2 Å². The van der Waals surface area contributed by atoms with Crippen molar-refractivity contribution in [3.05, 3.63) is 64.7 Å². The van der Waals surface area contributed by atoms with Crippen LogP contribution in [0.15, 0.2) is 52.6 Å². The van der Waals surface area contributed by atoms with Crippen molar-refractivity contribution >= 4 is 34.6 Å². The number of carbonyl (C=O) groups is 3. The third-order valence-corrected chi connectivity index (χ3v) is 6.85. The van der Waals surface area contributed by atoms with Gasteiger partial charge in [0.05, 0.1) is 16.1 Å². The molecular weight excluding hydrogens is 501 g/mol. The zero-order chi connectivity index (χ0) is 26.9. The molecule has 0 radical (unpaired) electrons. The SMILES string of the molecule is CC(C)(C)C(=O)Nc1cccnc1COC(=O)N1CC2=C(C1)CN(C(=O)c1ccc(S(N)=O)cc1F)C2. The Balaban J connectivity index is 1.31. The molecule has 1 aromatic heterocycles. The van der Waals surface area contributed by atoms with Crippen LogP contribution in [0.5, 0.6) is 0 Å². The Morgan fingerprint density at radius 2 is 1.76 bits per heavy atom. The Morgan fingerprint density at radius 3 is 2.35 bits per heavy atom. The number of halogens is 1. The van der Waals surface area contributed by atoms with E-state index in [1.165, 1.54) is 21.9 Å². The van der Waals surface area contributed by atoms with E-state index in [9.17, 15) is 23.0 Å². The highest BCUT2D eigenvalue weighted by atomic mass is 32.2. The minimum absolute atomic E-state index is 0.0969. The quantitative estimate of drug-likeness (QED) is 0.572. The third kappa shape index (κ3) is 5.86. The predicted octanol–water partition coefficient (Wildman–Crippen LogP) is 2.59. The zero-order valence-electron chi connectivity index (χ0n) is 20.7. The van der Waals surface area contributed by atoms with Gasteiger partial charge >= 0.3 is 6.09 Å². The first-order chi connectivity index (χ1) is 17.4. The Labute approximate surface area is 216 Å². The molecule has 196 valence electrons. The number of amides is 3. The molecule has 1 atom stereocenters. The van der Waals surface area contributed by atoms with Gasteiger partial charge < -0.3 is 19.9 Å². The van der Waals surface area contributed by atoms with Crippen LogP contribution < -0.4 is 10.5 Å². The number of hydrogen-bond donors (Lipinski definition) is 2. The molecule has 1 aromatic carbocycles. The molecule has 2 aromatic rings. The minimum atomic E-state index is -1.84. The molecule has 4 rings (SSSR count). The molecule has 0 bridgehead atoms. The maximum Gasteiger partial charge on any atom is 0.410 e.